The van der Waals surface area contributed by atoms with E-state index >= 15 is 0 Å². The van der Waals surface area contributed by atoms with Gasteiger partial charge in [0.15, 0.2) is 0 Å². The number of aromatic carboxylic acids is 1. The lowest BCUT2D eigenvalue weighted by Crippen LogP contribution is -2.19. The van der Waals surface area contributed by atoms with Crippen molar-refractivity contribution in [2.24, 2.45) is 0 Å². The van der Waals surface area contributed by atoms with Crippen molar-refractivity contribution in [3.8, 4) is 16.9 Å². The number of amides is 2. The molecule has 0 unspecified atom stereocenters. The number of benzene rings is 3. The molecule has 2 amide bonds. The summed E-state index contributed by atoms with van der Waals surface area (Å²) in [5.41, 5.74) is 3.33. The Hall–Kier alpha value is -3.80. The van der Waals surface area contributed by atoms with Crippen LogP contribution in [0.4, 0.5) is 16.2 Å². The summed E-state index contributed by atoms with van der Waals surface area (Å²) in [5, 5.41) is 14.3. The standard InChI is InChI=1S/C21H18N2O4/c1-27-19-4-2-3-16(13-19)14-5-9-17(10-6-14)22-21(26)23-18-11-7-15(8-12-18)20(24)25/h2-13H,1H3,(H,24,25)(H2,22,23,26). The molecule has 3 aromatic rings. The Bertz CT molecular complexity index is 951. The fraction of sp³-hybridized carbons (Fsp3) is 0.0476. The van der Waals surface area contributed by atoms with Gasteiger partial charge in [-0.05, 0) is 59.7 Å². The summed E-state index contributed by atoms with van der Waals surface area (Å²) >= 11 is 0. The third-order valence-corrected chi connectivity index (χ3v) is 3.94. The normalized spacial score (nSPS) is 10.1. The number of carbonyl (C=O) groups is 2. The number of urea groups is 1. The highest BCUT2D eigenvalue weighted by Gasteiger charge is 2.06. The smallest absolute Gasteiger partial charge is 0.335 e. The summed E-state index contributed by atoms with van der Waals surface area (Å²) in [6.45, 7) is 0. The second-order valence-electron chi connectivity index (χ2n) is 5.77. The molecule has 3 aromatic carbocycles. The molecule has 0 radical (unpaired) electrons. The lowest BCUT2D eigenvalue weighted by atomic mass is 10.1. The molecule has 0 aliphatic heterocycles. The Balaban J connectivity index is 1.63. The molecular formula is C21H18N2O4. The SMILES string of the molecule is COc1cccc(-c2ccc(NC(=O)Nc3ccc(C(=O)O)cc3)cc2)c1. The Morgan fingerprint density at radius 3 is 1.96 bits per heavy atom. The van der Waals surface area contributed by atoms with Gasteiger partial charge in [-0.3, -0.25) is 0 Å². The Labute approximate surface area is 156 Å². The van der Waals surface area contributed by atoms with Gasteiger partial charge in [0.2, 0.25) is 0 Å². The number of carboxylic acid groups (broad SMARTS) is 1. The van der Waals surface area contributed by atoms with Crippen LogP contribution in [-0.4, -0.2) is 24.2 Å². The molecule has 0 saturated carbocycles. The zero-order valence-corrected chi connectivity index (χ0v) is 14.6. The van der Waals surface area contributed by atoms with Gasteiger partial charge in [0.25, 0.3) is 0 Å². The van der Waals surface area contributed by atoms with Crippen LogP contribution in [0.15, 0.2) is 72.8 Å². The van der Waals surface area contributed by atoms with Crippen LogP contribution in [0.5, 0.6) is 5.75 Å². The first-order valence-electron chi connectivity index (χ1n) is 8.21. The highest BCUT2D eigenvalue weighted by atomic mass is 16.5. The van der Waals surface area contributed by atoms with E-state index in [9.17, 15) is 9.59 Å². The van der Waals surface area contributed by atoms with Crippen LogP contribution < -0.4 is 15.4 Å². The molecule has 6 heteroatoms. The van der Waals surface area contributed by atoms with Gasteiger partial charge in [0, 0.05) is 11.4 Å². The van der Waals surface area contributed by atoms with Crippen LogP contribution in [0.1, 0.15) is 10.4 Å². The number of hydrogen-bond donors (Lipinski definition) is 3. The molecular weight excluding hydrogens is 344 g/mol. The quantitative estimate of drug-likeness (QED) is 0.614. The number of ether oxygens (including phenoxy) is 1. The van der Waals surface area contributed by atoms with Crippen molar-refractivity contribution < 1.29 is 19.4 Å². The predicted octanol–water partition coefficient (Wildman–Crippen LogP) is 4.70. The fourth-order valence-electron chi connectivity index (χ4n) is 2.54. The minimum Gasteiger partial charge on any atom is -0.497 e. The monoisotopic (exact) mass is 362 g/mol. The fourth-order valence-corrected chi connectivity index (χ4v) is 2.54. The van der Waals surface area contributed by atoms with Crippen molar-refractivity contribution in [3.63, 3.8) is 0 Å². The van der Waals surface area contributed by atoms with Crippen LogP contribution in [-0.2, 0) is 0 Å². The molecule has 0 spiro atoms. The van der Waals surface area contributed by atoms with Gasteiger partial charge in [0.1, 0.15) is 5.75 Å². The predicted molar refractivity (Wildman–Crippen MR) is 104 cm³/mol. The molecule has 27 heavy (non-hydrogen) atoms. The minimum atomic E-state index is -1.01. The Kier molecular flexibility index (Phi) is 5.37. The molecule has 0 aliphatic rings. The highest BCUT2D eigenvalue weighted by molar-refractivity contribution is 6.00. The summed E-state index contributed by atoms with van der Waals surface area (Å²) in [7, 11) is 1.62. The molecule has 0 aliphatic carbocycles. The van der Waals surface area contributed by atoms with E-state index < -0.39 is 12.0 Å². The third kappa shape index (κ3) is 4.64. The number of carboxylic acids is 1. The van der Waals surface area contributed by atoms with Gasteiger partial charge in [-0.2, -0.15) is 0 Å². The lowest BCUT2D eigenvalue weighted by molar-refractivity contribution is 0.0697. The van der Waals surface area contributed by atoms with E-state index in [1.807, 2.05) is 48.5 Å². The third-order valence-electron chi connectivity index (χ3n) is 3.94. The number of carbonyl (C=O) groups excluding carboxylic acids is 1. The molecule has 0 atom stereocenters. The minimum absolute atomic E-state index is 0.161. The first-order valence-corrected chi connectivity index (χ1v) is 8.21. The Morgan fingerprint density at radius 1 is 0.815 bits per heavy atom. The van der Waals surface area contributed by atoms with E-state index in [-0.39, 0.29) is 5.56 Å². The number of methoxy groups -OCH3 is 1. The topological polar surface area (TPSA) is 87.7 Å². The van der Waals surface area contributed by atoms with E-state index in [1.165, 1.54) is 24.3 Å². The molecule has 0 saturated heterocycles. The van der Waals surface area contributed by atoms with Gasteiger partial charge in [0.05, 0.1) is 12.7 Å². The van der Waals surface area contributed by atoms with Gasteiger partial charge in [-0.1, -0.05) is 24.3 Å². The molecule has 0 bridgehead atoms. The zero-order valence-electron chi connectivity index (χ0n) is 14.6. The lowest BCUT2D eigenvalue weighted by Gasteiger charge is -2.09. The maximum Gasteiger partial charge on any atom is 0.335 e. The van der Waals surface area contributed by atoms with E-state index in [4.69, 9.17) is 9.84 Å². The van der Waals surface area contributed by atoms with Crippen molar-refractivity contribution in [2.75, 3.05) is 17.7 Å². The van der Waals surface area contributed by atoms with Crippen LogP contribution in [0.25, 0.3) is 11.1 Å². The molecule has 0 fully saturated rings. The summed E-state index contributed by atoms with van der Waals surface area (Å²) in [5.74, 6) is -0.231. The number of hydrogen-bond acceptors (Lipinski definition) is 3. The van der Waals surface area contributed by atoms with E-state index in [2.05, 4.69) is 10.6 Å². The summed E-state index contributed by atoms with van der Waals surface area (Å²) in [6, 6.07) is 20.7. The molecule has 6 nitrogen and oxygen atoms in total. The van der Waals surface area contributed by atoms with Crippen LogP contribution in [0.3, 0.4) is 0 Å². The largest absolute Gasteiger partial charge is 0.497 e. The second kappa shape index (κ2) is 8.05. The zero-order chi connectivity index (χ0) is 19.2. The van der Waals surface area contributed by atoms with E-state index in [1.54, 1.807) is 7.11 Å². The molecule has 136 valence electrons. The summed E-state index contributed by atoms with van der Waals surface area (Å²) < 4.78 is 5.23. The molecule has 0 aromatic heterocycles. The average molecular weight is 362 g/mol. The first-order chi connectivity index (χ1) is 13.0. The van der Waals surface area contributed by atoms with Crippen molar-refractivity contribution in [1.29, 1.82) is 0 Å². The van der Waals surface area contributed by atoms with Gasteiger partial charge >= 0.3 is 12.0 Å². The van der Waals surface area contributed by atoms with Crippen molar-refractivity contribution in [2.45, 2.75) is 0 Å². The van der Waals surface area contributed by atoms with Crippen molar-refractivity contribution in [3.05, 3.63) is 78.4 Å². The number of anilines is 2. The van der Waals surface area contributed by atoms with Crippen LogP contribution in [0.2, 0.25) is 0 Å². The van der Waals surface area contributed by atoms with Gasteiger partial charge < -0.3 is 20.5 Å². The van der Waals surface area contributed by atoms with Gasteiger partial charge in [-0.15, -0.1) is 0 Å². The summed E-state index contributed by atoms with van der Waals surface area (Å²) in [4.78, 5) is 22.9. The first kappa shape index (κ1) is 18.0. The maximum absolute atomic E-state index is 12.1. The molecule has 3 rings (SSSR count). The van der Waals surface area contributed by atoms with E-state index in [0.717, 1.165) is 16.9 Å². The highest BCUT2D eigenvalue weighted by Crippen LogP contribution is 2.25. The maximum atomic E-state index is 12.1. The Morgan fingerprint density at radius 2 is 1.41 bits per heavy atom. The van der Waals surface area contributed by atoms with Crippen LogP contribution >= 0.6 is 0 Å². The second-order valence-corrected chi connectivity index (χ2v) is 5.77. The molecule has 3 N–H and O–H groups in total. The van der Waals surface area contributed by atoms with Crippen LogP contribution in [0, 0.1) is 0 Å². The number of rotatable bonds is 5. The average Bonchev–Trinajstić information content (AvgIpc) is 2.69. The van der Waals surface area contributed by atoms with Gasteiger partial charge in [-0.25, -0.2) is 9.59 Å². The van der Waals surface area contributed by atoms with Crippen molar-refractivity contribution >= 4 is 23.4 Å². The molecule has 0 heterocycles. The van der Waals surface area contributed by atoms with Crippen molar-refractivity contribution in [1.82, 2.24) is 0 Å². The van der Waals surface area contributed by atoms with E-state index in [0.29, 0.717) is 11.4 Å². The number of nitrogens with one attached hydrogen (secondary N) is 2. The summed E-state index contributed by atoms with van der Waals surface area (Å²) in [6.07, 6.45) is 0.